The Balaban J connectivity index is 2.00. The lowest BCUT2D eigenvalue weighted by Crippen LogP contribution is -2.39. The maximum absolute atomic E-state index is 13.1. The number of nitrogens with zero attached hydrogens (tertiary/aromatic N) is 1. The minimum Gasteiger partial charge on any atom is -0.342 e. The van der Waals surface area contributed by atoms with Crippen LogP contribution < -0.4 is 0 Å². The molecule has 2 rings (SSSR count). The Hall–Kier alpha value is -0.670. The second kappa shape index (κ2) is 3.41. The molecule has 4 heteroatoms. The lowest BCUT2D eigenvalue weighted by Gasteiger charge is -2.26. The van der Waals surface area contributed by atoms with Crippen LogP contribution in [0.2, 0.25) is 0 Å². The molecule has 1 saturated heterocycles. The van der Waals surface area contributed by atoms with E-state index in [2.05, 4.69) is 0 Å². The first-order chi connectivity index (χ1) is 7.19. The molecule has 0 aromatic heterocycles. The van der Waals surface area contributed by atoms with Gasteiger partial charge in [-0.25, -0.2) is 8.78 Å². The third kappa shape index (κ3) is 2.06. The molecule has 0 radical (unpaired) electrons. The van der Waals surface area contributed by atoms with Gasteiger partial charge in [-0.1, -0.05) is 20.8 Å². The summed E-state index contributed by atoms with van der Waals surface area (Å²) < 4.78 is 26.2. The van der Waals surface area contributed by atoms with Crippen LogP contribution in [0.5, 0.6) is 0 Å². The molecule has 2 fully saturated rings. The van der Waals surface area contributed by atoms with E-state index in [1.165, 1.54) is 0 Å². The topological polar surface area (TPSA) is 20.3 Å². The van der Waals surface area contributed by atoms with Crippen LogP contribution in [0.15, 0.2) is 0 Å². The fourth-order valence-electron chi connectivity index (χ4n) is 2.89. The third-order valence-corrected chi connectivity index (χ3v) is 3.63. The van der Waals surface area contributed by atoms with Crippen molar-refractivity contribution in [1.29, 1.82) is 0 Å². The van der Waals surface area contributed by atoms with Crippen molar-refractivity contribution in [3.05, 3.63) is 0 Å². The van der Waals surface area contributed by atoms with Crippen molar-refractivity contribution in [2.24, 2.45) is 17.3 Å². The Labute approximate surface area is 95.0 Å². The first-order valence-electron chi connectivity index (χ1n) is 5.86. The molecule has 0 aromatic carbocycles. The highest BCUT2D eigenvalue weighted by Gasteiger charge is 2.51. The van der Waals surface area contributed by atoms with Gasteiger partial charge in [-0.05, 0) is 11.8 Å². The number of likely N-dealkylation sites (tertiary alicyclic amines) is 1. The van der Waals surface area contributed by atoms with Crippen molar-refractivity contribution >= 4 is 5.91 Å². The van der Waals surface area contributed by atoms with Crippen molar-refractivity contribution in [2.75, 3.05) is 13.1 Å². The predicted molar refractivity (Wildman–Crippen MR) is 57.2 cm³/mol. The summed E-state index contributed by atoms with van der Waals surface area (Å²) in [4.78, 5) is 13.8. The fourth-order valence-corrected chi connectivity index (χ4v) is 2.89. The van der Waals surface area contributed by atoms with Gasteiger partial charge in [0, 0.05) is 31.3 Å². The molecule has 0 bridgehead atoms. The van der Waals surface area contributed by atoms with Crippen LogP contribution in [0.3, 0.4) is 0 Å². The first kappa shape index (κ1) is 11.8. The zero-order chi connectivity index (χ0) is 12.1. The summed E-state index contributed by atoms with van der Waals surface area (Å²) in [6, 6.07) is 0. The molecule has 0 spiro atoms. The van der Waals surface area contributed by atoms with E-state index in [1.807, 2.05) is 20.8 Å². The minimum atomic E-state index is -2.49. The molecule has 2 aliphatic rings. The van der Waals surface area contributed by atoms with Crippen molar-refractivity contribution in [2.45, 2.75) is 39.5 Å². The predicted octanol–water partition coefficient (Wildman–Crippen LogP) is 2.54. The largest absolute Gasteiger partial charge is 0.342 e. The molecule has 92 valence electrons. The SMILES string of the molecule is CC(C)(C)C(=O)N1CC2CC(F)(F)CC2C1. The van der Waals surface area contributed by atoms with E-state index in [0.29, 0.717) is 13.1 Å². The molecule has 2 nitrogen and oxygen atoms in total. The van der Waals surface area contributed by atoms with E-state index < -0.39 is 11.3 Å². The Morgan fingerprint density at radius 2 is 1.62 bits per heavy atom. The third-order valence-electron chi connectivity index (χ3n) is 3.63. The zero-order valence-electron chi connectivity index (χ0n) is 10.1. The summed E-state index contributed by atoms with van der Waals surface area (Å²) in [6.45, 7) is 6.67. The standard InChI is InChI=1S/C12H19F2NO/c1-11(2,3)10(16)15-6-8-4-12(13,14)5-9(8)7-15/h8-9H,4-7H2,1-3H3. The highest BCUT2D eigenvalue weighted by Crippen LogP contribution is 2.47. The molecule has 16 heavy (non-hydrogen) atoms. The Kier molecular flexibility index (Phi) is 2.52. The van der Waals surface area contributed by atoms with Crippen LogP contribution in [0.4, 0.5) is 8.78 Å². The van der Waals surface area contributed by atoms with Gasteiger partial charge >= 0.3 is 0 Å². The average molecular weight is 231 g/mol. The lowest BCUT2D eigenvalue weighted by atomic mass is 9.95. The van der Waals surface area contributed by atoms with Gasteiger partial charge in [0.15, 0.2) is 0 Å². The number of halogens is 2. The van der Waals surface area contributed by atoms with E-state index in [9.17, 15) is 13.6 Å². The second-order valence-corrected chi connectivity index (χ2v) is 6.24. The number of hydrogen-bond donors (Lipinski definition) is 0. The molecule has 0 N–H and O–H groups in total. The van der Waals surface area contributed by atoms with E-state index in [4.69, 9.17) is 0 Å². The molecule has 2 atom stereocenters. The van der Waals surface area contributed by atoms with Crippen LogP contribution in [0.1, 0.15) is 33.6 Å². The molecule has 2 unspecified atom stereocenters. The number of alkyl halides is 2. The lowest BCUT2D eigenvalue weighted by molar-refractivity contribution is -0.139. The Bertz CT molecular complexity index is 293. The first-order valence-corrected chi connectivity index (χ1v) is 5.86. The zero-order valence-corrected chi connectivity index (χ0v) is 10.1. The maximum Gasteiger partial charge on any atom is 0.248 e. The maximum atomic E-state index is 13.1. The number of carbonyl (C=O) groups is 1. The number of fused-ring (bicyclic) bond motifs is 1. The average Bonchev–Trinajstić information content (AvgIpc) is 2.54. The van der Waals surface area contributed by atoms with Gasteiger partial charge in [0.1, 0.15) is 0 Å². The quantitative estimate of drug-likeness (QED) is 0.627. The molecule has 1 heterocycles. The second-order valence-electron chi connectivity index (χ2n) is 6.24. The van der Waals surface area contributed by atoms with E-state index in [0.717, 1.165) is 0 Å². The van der Waals surface area contributed by atoms with E-state index >= 15 is 0 Å². The van der Waals surface area contributed by atoms with Crippen LogP contribution in [-0.2, 0) is 4.79 Å². The fraction of sp³-hybridized carbons (Fsp3) is 0.917. The number of carbonyl (C=O) groups excluding carboxylic acids is 1. The molecule has 1 saturated carbocycles. The summed E-state index contributed by atoms with van der Waals surface area (Å²) in [6.07, 6.45) is -0.0722. The van der Waals surface area contributed by atoms with Crippen molar-refractivity contribution in [3.63, 3.8) is 0 Å². The van der Waals surface area contributed by atoms with Gasteiger partial charge in [-0.15, -0.1) is 0 Å². The number of amides is 1. The summed E-state index contributed by atoms with van der Waals surface area (Å²) in [5.74, 6) is -2.38. The van der Waals surface area contributed by atoms with Crippen LogP contribution in [-0.4, -0.2) is 29.8 Å². The summed E-state index contributed by atoms with van der Waals surface area (Å²) in [5.41, 5.74) is -0.402. The Morgan fingerprint density at radius 1 is 1.19 bits per heavy atom. The van der Waals surface area contributed by atoms with Crippen LogP contribution >= 0.6 is 0 Å². The van der Waals surface area contributed by atoms with Gasteiger partial charge < -0.3 is 4.90 Å². The van der Waals surface area contributed by atoms with Gasteiger partial charge in [-0.2, -0.15) is 0 Å². The van der Waals surface area contributed by atoms with Gasteiger partial charge in [-0.3, -0.25) is 4.79 Å². The summed E-state index contributed by atoms with van der Waals surface area (Å²) in [5, 5.41) is 0. The van der Waals surface area contributed by atoms with Crippen LogP contribution in [0, 0.1) is 17.3 Å². The van der Waals surface area contributed by atoms with Crippen molar-refractivity contribution < 1.29 is 13.6 Å². The molecular weight excluding hydrogens is 212 g/mol. The number of rotatable bonds is 0. The van der Waals surface area contributed by atoms with E-state index in [-0.39, 0.29) is 30.6 Å². The number of hydrogen-bond acceptors (Lipinski definition) is 1. The smallest absolute Gasteiger partial charge is 0.248 e. The molecule has 1 amide bonds. The van der Waals surface area contributed by atoms with E-state index in [1.54, 1.807) is 4.90 Å². The van der Waals surface area contributed by atoms with Crippen molar-refractivity contribution in [1.82, 2.24) is 4.90 Å². The molecular formula is C12H19F2NO. The molecule has 1 aliphatic carbocycles. The summed E-state index contributed by atoms with van der Waals surface area (Å²) >= 11 is 0. The summed E-state index contributed by atoms with van der Waals surface area (Å²) in [7, 11) is 0. The Morgan fingerprint density at radius 3 is 2.00 bits per heavy atom. The normalized spacial score (nSPS) is 32.9. The monoisotopic (exact) mass is 231 g/mol. The minimum absolute atomic E-state index is 0.0151. The van der Waals surface area contributed by atoms with Gasteiger partial charge in [0.2, 0.25) is 11.8 Å². The molecule has 1 aliphatic heterocycles. The van der Waals surface area contributed by atoms with Gasteiger partial charge in [0.05, 0.1) is 0 Å². The van der Waals surface area contributed by atoms with Crippen molar-refractivity contribution in [3.8, 4) is 0 Å². The van der Waals surface area contributed by atoms with Crippen LogP contribution in [0.25, 0.3) is 0 Å². The molecule has 0 aromatic rings. The van der Waals surface area contributed by atoms with Gasteiger partial charge in [0.25, 0.3) is 0 Å². The highest BCUT2D eigenvalue weighted by molar-refractivity contribution is 5.81. The highest BCUT2D eigenvalue weighted by atomic mass is 19.3.